The Morgan fingerprint density at radius 3 is 1.67 bits per heavy atom. The molecule has 136 valence electrons. The van der Waals surface area contributed by atoms with Crippen LogP contribution in [0.1, 0.15) is 0 Å². The summed E-state index contributed by atoms with van der Waals surface area (Å²) in [5, 5.41) is 19.1. The molecule has 0 aliphatic rings. The Hall–Kier alpha value is -3.90. The topological polar surface area (TPSA) is 0 Å². The third kappa shape index (κ3) is 1.62. The van der Waals surface area contributed by atoms with E-state index in [1.54, 1.807) is 0 Å². The minimum atomic E-state index is 1.30. The normalized spacial score (nSPS) is 12.7. The predicted molar refractivity (Wildman–Crippen MR) is 131 cm³/mol. The molecule has 8 rings (SSSR count). The van der Waals surface area contributed by atoms with Crippen molar-refractivity contribution in [2.24, 2.45) is 0 Å². The first-order valence-corrected chi connectivity index (χ1v) is 10.5. The quantitative estimate of drug-likeness (QED) is 0.183. The first-order valence-electron chi connectivity index (χ1n) is 10.5. The molecule has 0 N–H and O–H groups in total. The van der Waals surface area contributed by atoms with Gasteiger partial charge in [0.15, 0.2) is 0 Å². The third-order valence-electron chi connectivity index (χ3n) is 7.10. The van der Waals surface area contributed by atoms with Gasteiger partial charge in [-0.25, -0.2) is 0 Å². The average Bonchev–Trinajstić information content (AvgIpc) is 2.81. The van der Waals surface area contributed by atoms with Crippen molar-refractivity contribution in [3.05, 3.63) is 97.1 Å². The van der Waals surface area contributed by atoms with Gasteiger partial charge in [0.1, 0.15) is 0 Å². The molecule has 0 radical (unpaired) electrons. The van der Waals surface area contributed by atoms with Gasteiger partial charge in [0, 0.05) is 0 Å². The van der Waals surface area contributed by atoms with Gasteiger partial charge in [-0.2, -0.15) is 0 Å². The maximum Gasteiger partial charge on any atom is -0.00136 e. The highest BCUT2D eigenvalue weighted by molar-refractivity contribution is 6.43. The van der Waals surface area contributed by atoms with Gasteiger partial charge in [-0.1, -0.05) is 91.0 Å². The van der Waals surface area contributed by atoms with Crippen LogP contribution in [0.2, 0.25) is 0 Å². The summed E-state index contributed by atoms with van der Waals surface area (Å²) in [6.07, 6.45) is 0. The van der Waals surface area contributed by atoms with E-state index in [1.165, 1.54) is 75.4 Å². The van der Waals surface area contributed by atoms with Crippen molar-refractivity contribution < 1.29 is 0 Å². The van der Waals surface area contributed by atoms with E-state index in [2.05, 4.69) is 97.1 Å². The van der Waals surface area contributed by atoms with Crippen LogP contribution < -0.4 is 0 Å². The van der Waals surface area contributed by atoms with Crippen LogP contribution >= 0.6 is 0 Å². The maximum absolute atomic E-state index is 2.41. The minimum absolute atomic E-state index is 1.30. The smallest absolute Gasteiger partial charge is 0.00136 e. The van der Waals surface area contributed by atoms with Crippen molar-refractivity contribution in [3.63, 3.8) is 0 Å². The molecule has 0 aliphatic heterocycles. The monoisotopic (exact) mass is 376 g/mol. The zero-order valence-electron chi connectivity index (χ0n) is 16.2. The third-order valence-corrected chi connectivity index (χ3v) is 7.10. The Balaban J connectivity index is 1.84. The van der Waals surface area contributed by atoms with Crippen LogP contribution in [0.25, 0.3) is 75.4 Å². The summed E-state index contributed by atoms with van der Waals surface area (Å²) in [7, 11) is 0. The van der Waals surface area contributed by atoms with E-state index in [4.69, 9.17) is 0 Å². The van der Waals surface area contributed by atoms with Gasteiger partial charge in [-0.3, -0.25) is 0 Å². The Labute approximate surface area is 172 Å². The molecule has 0 bridgehead atoms. The SMILES string of the molecule is c1ccc2c(c1)ccc1c2cc2ccc3ccc4ccc5cccc6c5c4c3c2c16. The molecular weight excluding hydrogens is 360 g/mol. The molecule has 0 saturated heterocycles. The lowest BCUT2D eigenvalue weighted by Gasteiger charge is -2.19. The number of rotatable bonds is 0. The van der Waals surface area contributed by atoms with Crippen molar-refractivity contribution in [2.75, 3.05) is 0 Å². The van der Waals surface area contributed by atoms with Crippen molar-refractivity contribution in [1.82, 2.24) is 0 Å². The fourth-order valence-corrected chi connectivity index (χ4v) is 5.86. The minimum Gasteiger partial charge on any atom is -0.0616 e. The molecule has 8 aromatic rings. The fraction of sp³-hybridized carbons (Fsp3) is 0. The van der Waals surface area contributed by atoms with Crippen LogP contribution in [0.5, 0.6) is 0 Å². The molecule has 0 atom stereocenters. The predicted octanol–water partition coefficient (Wildman–Crippen LogP) is 8.63. The molecular formula is C30H16. The van der Waals surface area contributed by atoms with Crippen LogP contribution in [0.4, 0.5) is 0 Å². The van der Waals surface area contributed by atoms with Gasteiger partial charge >= 0.3 is 0 Å². The highest BCUT2D eigenvalue weighted by Crippen LogP contribution is 2.47. The van der Waals surface area contributed by atoms with E-state index >= 15 is 0 Å². The van der Waals surface area contributed by atoms with E-state index in [-0.39, 0.29) is 0 Å². The number of hydrogen-bond donors (Lipinski definition) is 0. The molecule has 0 saturated carbocycles. The van der Waals surface area contributed by atoms with Crippen molar-refractivity contribution in [1.29, 1.82) is 0 Å². The molecule has 0 unspecified atom stereocenters. The molecule has 0 aromatic heterocycles. The van der Waals surface area contributed by atoms with Gasteiger partial charge in [-0.15, -0.1) is 0 Å². The Morgan fingerprint density at radius 1 is 0.267 bits per heavy atom. The second kappa shape index (κ2) is 4.98. The van der Waals surface area contributed by atoms with Gasteiger partial charge in [0.05, 0.1) is 0 Å². The highest BCUT2D eigenvalue weighted by Gasteiger charge is 2.19. The van der Waals surface area contributed by atoms with E-state index in [0.29, 0.717) is 0 Å². The highest BCUT2D eigenvalue weighted by atomic mass is 14.2. The molecule has 8 aromatic carbocycles. The molecule has 0 nitrogen and oxygen atoms in total. The van der Waals surface area contributed by atoms with Crippen molar-refractivity contribution in [2.45, 2.75) is 0 Å². The molecule has 0 amide bonds. The lowest BCUT2D eigenvalue weighted by Crippen LogP contribution is -1.91. The van der Waals surface area contributed by atoms with Crippen LogP contribution in [-0.4, -0.2) is 0 Å². The zero-order valence-corrected chi connectivity index (χ0v) is 16.2. The van der Waals surface area contributed by atoms with Gasteiger partial charge in [0.25, 0.3) is 0 Å². The molecule has 0 aliphatic carbocycles. The lowest BCUT2D eigenvalue weighted by molar-refractivity contribution is 1.79. The standard InChI is InChI=1S/C30H16/c1-2-6-22-17(4-1)14-15-23-25(22)16-21-13-12-20-11-10-19-9-8-18-5-3-7-24-26(18)27(19)28(20)29(21)30(23)24/h1-16H. The Kier molecular flexibility index (Phi) is 2.49. The summed E-state index contributed by atoms with van der Waals surface area (Å²) in [5.41, 5.74) is 0. The zero-order chi connectivity index (χ0) is 19.4. The molecule has 0 spiro atoms. The van der Waals surface area contributed by atoms with Crippen molar-refractivity contribution in [3.8, 4) is 0 Å². The summed E-state index contributed by atoms with van der Waals surface area (Å²) in [5.74, 6) is 0. The van der Waals surface area contributed by atoms with E-state index in [1.807, 2.05) is 0 Å². The summed E-state index contributed by atoms with van der Waals surface area (Å²) in [6, 6.07) is 36.3. The summed E-state index contributed by atoms with van der Waals surface area (Å²) in [6.45, 7) is 0. The van der Waals surface area contributed by atoms with E-state index in [0.717, 1.165) is 0 Å². The van der Waals surface area contributed by atoms with Crippen LogP contribution in [0.3, 0.4) is 0 Å². The van der Waals surface area contributed by atoms with Gasteiger partial charge in [0.2, 0.25) is 0 Å². The number of benzene rings is 8. The second-order valence-electron chi connectivity index (χ2n) is 8.53. The lowest BCUT2D eigenvalue weighted by atomic mass is 9.83. The molecule has 0 heteroatoms. The van der Waals surface area contributed by atoms with E-state index in [9.17, 15) is 0 Å². The fourth-order valence-electron chi connectivity index (χ4n) is 5.86. The molecule has 0 heterocycles. The van der Waals surface area contributed by atoms with Crippen molar-refractivity contribution >= 4 is 75.4 Å². The second-order valence-corrected chi connectivity index (χ2v) is 8.53. The molecule has 30 heavy (non-hydrogen) atoms. The Bertz CT molecular complexity index is 1930. The van der Waals surface area contributed by atoms with Crippen LogP contribution in [0.15, 0.2) is 97.1 Å². The first-order chi connectivity index (χ1) is 14.9. The average molecular weight is 376 g/mol. The van der Waals surface area contributed by atoms with Gasteiger partial charge in [-0.05, 0) is 81.5 Å². The largest absolute Gasteiger partial charge is 0.0616 e. The Morgan fingerprint density at radius 2 is 0.833 bits per heavy atom. The summed E-state index contributed by atoms with van der Waals surface area (Å²) >= 11 is 0. The molecule has 0 fully saturated rings. The number of fused-ring (bicyclic) bond motifs is 5. The number of hydrogen-bond acceptors (Lipinski definition) is 0. The summed E-state index contributed by atoms with van der Waals surface area (Å²) < 4.78 is 0. The summed E-state index contributed by atoms with van der Waals surface area (Å²) in [4.78, 5) is 0. The maximum atomic E-state index is 2.41. The van der Waals surface area contributed by atoms with Gasteiger partial charge < -0.3 is 0 Å². The van der Waals surface area contributed by atoms with Crippen LogP contribution in [0, 0.1) is 0 Å². The van der Waals surface area contributed by atoms with Crippen LogP contribution in [-0.2, 0) is 0 Å². The van der Waals surface area contributed by atoms with E-state index < -0.39 is 0 Å². The first kappa shape index (κ1) is 15.0.